The van der Waals surface area contributed by atoms with E-state index >= 15 is 0 Å². The van der Waals surface area contributed by atoms with E-state index in [0.717, 1.165) is 0 Å². The molecule has 0 bridgehead atoms. The molecule has 310 valence electrons. The molecule has 0 unspecified atom stereocenters. The van der Waals surface area contributed by atoms with Crippen molar-refractivity contribution in [2.24, 2.45) is 5.41 Å². The zero-order chi connectivity index (χ0) is 44.8. The molecule has 33 rings (SSSR count). The van der Waals surface area contributed by atoms with Gasteiger partial charge >= 0.3 is 0 Å². The molecule has 28 aromatic rings. The van der Waals surface area contributed by atoms with Crippen molar-refractivity contribution in [3.05, 3.63) is 22.3 Å². The zero-order valence-corrected chi connectivity index (χ0v) is 41.5. The van der Waals surface area contributed by atoms with E-state index in [-0.39, 0.29) is 0 Å². The van der Waals surface area contributed by atoms with Crippen molar-refractivity contribution in [2.45, 2.75) is 50.1 Å². The van der Waals surface area contributed by atoms with E-state index in [0.29, 0.717) is 0 Å². The number of hydrogen-bond donors (Lipinski definition) is 0. The van der Waals surface area contributed by atoms with E-state index in [9.17, 15) is 0 Å². The molecular weight excluding hydrogens is 910 g/mol. The Balaban J connectivity index is 1.16. The lowest BCUT2D eigenvalue weighted by Crippen LogP contribution is -2.27. The van der Waals surface area contributed by atoms with Crippen LogP contribution in [0.2, 0.25) is 39.3 Å². The Morgan fingerprint density at radius 1 is 0.178 bits per heavy atom. The van der Waals surface area contributed by atoms with Crippen molar-refractivity contribution < 1.29 is 0 Å². The molecule has 0 radical (unpaired) electrons. The summed E-state index contributed by atoms with van der Waals surface area (Å²) in [7, 11) is -3.87. The van der Waals surface area contributed by atoms with Gasteiger partial charge in [0.1, 0.15) is 21.6 Å². The second-order valence-corrected chi connectivity index (χ2v) is 38.5. The van der Waals surface area contributed by atoms with Crippen LogP contribution in [-0.4, -0.2) is 16.1 Å². The molecule has 0 amide bonds. The quantitative estimate of drug-likeness (QED) is 0.0615. The van der Waals surface area contributed by atoms with Crippen LogP contribution in [0, 0.1) is 28.3 Å². The third-order valence-electron chi connectivity index (χ3n) is 25.6. The molecule has 0 saturated heterocycles. The Morgan fingerprint density at radius 2 is 0.288 bits per heavy atom. The Morgan fingerprint density at radius 3 is 0.397 bits per heavy atom. The van der Waals surface area contributed by atoms with Crippen LogP contribution in [0.1, 0.15) is 22.3 Å². The molecule has 0 heterocycles. The summed E-state index contributed by atoms with van der Waals surface area (Å²) in [5.74, 6) is 9.24. The standard InChI is InChI=1S/C71H18Si2/c1-72(2,3)9-7-69(8-10-73(4,5)6)70-65-57-49-39-29-21-13-11-12-15-19-17(13)25-33-27(19)37-31-23(15)24-16(12)20-18-14(11)22(21)30-36-26(18)34-28(20)38-32(24)42-41(31)51-45(37)55-47(33)53(43(49)35(25)29)61(65)63(55)67-59(51)60-52(42)46(38)56-48(34)54-44(36)50(40(30)39)58(57)66(70)62(54)64(56)68(60)71(67,69)70/h1-6H3/i69+1. The SMILES string of the molecule is C[Si](C)(C)C#C[13C]1(C#C[Si](C)(C)C)C23c4c5c6c7c8c9c(c%10c%11c2c2c4c4c%12c5c5c6c6c8c8c%13c9c9c%10c%10c%11c%11c2c2c4c4c%12c%12c5c5c6c8c6c8c%13c9c9c%10c%10c%11c2c2c4c4c%12c5c6c5c8c9c%10c2c45)C731. The lowest BCUT2D eigenvalue weighted by atomic mass is 9.68. The van der Waals surface area contributed by atoms with Crippen molar-refractivity contribution in [3.63, 3.8) is 0 Å². The molecule has 0 aromatic heterocycles. The van der Waals surface area contributed by atoms with Gasteiger partial charge in [-0.2, -0.15) is 0 Å². The van der Waals surface area contributed by atoms with Crippen molar-refractivity contribution >= 4 is 307 Å². The summed E-state index contributed by atoms with van der Waals surface area (Å²) < 4.78 is 0. The number of hydrogen-bond acceptors (Lipinski definition) is 0. The summed E-state index contributed by atoms with van der Waals surface area (Å²) >= 11 is 0. The van der Waals surface area contributed by atoms with Gasteiger partial charge in [-0.1, -0.05) is 51.1 Å². The van der Waals surface area contributed by atoms with Gasteiger partial charge in [0.05, 0.1) is 10.8 Å². The molecule has 5 aliphatic carbocycles. The van der Waals surface area contributed by atoms with Crippen LogP contribution in [0.5, 0.6) is 0 Å². The normalized spacial score (nSPS) is 20.0. The first kappa shape index (κ1) is 28.9. The van der Waals surface area contributed by atoms with Crippen molar-refractivity contribution in [1.82, 2.24) is 0 Å². The van der Waals surface area contributed by atoms with Gasteiger partial charge in [-0.3, -0.25) is 0 Å². The molecule has 2 heteroatoms. The second-order valence-electron chi connectivity index (χ2n) is 29.0. The van der Waals surface area contributed by atoms with Crippen LogP contribution in [0.25, 0.3) is 291 Å². The van der Waals surface area contributed by atoms with Crippen LogP contribution in [-0.2, 0) is 10.8 Å². The van der Waals surface area contributed by atoms with Gasteiger partial charge in [-0.15, -0.1) is 11.1 Å². The summed E-state index contributed by atoms with van der Waals surface area (Å²) in [6.45, 7) is 15.0. The van der Waals surface area contributed by atoms with E-state index < -0.39 is 32.4 Å². The van der Waals surface area contributed by atoms with Gasteiger partial charge in [0.2, 0.25) is 0 Å². The maximum absolute atomic E-state index is 4.62. The molecule has 0 atom stereocenters. The van der Waals surface area contributed by atoms with E-state index in [2.05, 4.69) is 62.2 Å². The number of rotatable bonds is 0. The molecule has 1 fully saturated rings. The predicted molar refractivity (Wildman–Crippen MR) is 319 cm³/mol. The Kier molecular flexibility index (Phi) is 2.52. The first-order valence-corrected chi connectivity index (χ1v) is 34.5. The molecule has 0 nitrogen and oxygen atoms in total. The lowest BCUT2D eigenvalue weighted by Gasteiger charge is -2.31. The molecule has 0 N–H and O–H groups in total. The van der Waals surface area contributed by atoms with Crippen molar-refractivity contribution in [1.29, 1.82) is 0 Å². The minimum Gasteiger partial charge on any atom is -0.130 e. The van der Waals surface area contributed by atoms with E-state index in [1.807, 2.05) is 0 Å². The summed E-state index contributed by atoms with van der Waals surface area (Å²) in [4.78, 5) is 0. The Bertz CT molecular complexity index is 6940. The van der Waals surface area contributed by atoms with Crippen LogP contribution < -0.4 is 0 Å². The third-order valence-corrected chi connectivity index (χ3v) is 27.4. The summed E-state index contributed by atoms with van der Waals surface area (Å²) in [5.41, 5.74) is 14.1. The second kappa shape index (κ2) is 6.35. The van der Waals surface area contributed by atoms with Gasteiger partial charge in [0, 0.05) is 0 Å². The predicted octanol–water partition coefficient (Wildman–Crippen LogP) is 19.1. The van der Waals surface area contributed by atoms with Gasteiger partial charge in [0.15, 0.2) is 0 Å². The minimum atomic E-state index is -1.93. The highest BCUT2D eigenvalue weighted by Crippen LogP contribution is 2.96. The zero-order valence-electron chi connectivity index (χ0n) is 39.5. The third kappa shape index (κ3) is 1.58. The fraction of sp³-hybridized carbons (Fsp3) is 0.127. The fourth-order valence-electron chi connectivity index (χ4n) is 25.5. The summed E-state index contributed by atoms with van der Waals surface area (Å²) in [6, 6.07) is 0. The molecule has 28 aromatic carbocycles. The largest absolute Gasteiger partial charge is 0.130 e. The summed E-state index contributed by atoms with van der Waals surface area (Å²) in [5, 5.41) is 89.3. The van der Waals surface area contributed by atoms with Crippen molar-refractivity contribution in [3.8, 4) is 22.9 Å². The highest BCUT2D eigenvalue weighted by atomic mass is 28.3. The van der Waals surface area contributed by atoms with Gasteiger partial charge < -0.3 is 0 Å². The van der Waals surface area contributed by atoms with Crippen LogP contribution in [0.15, 0.2) is 0 Å². The maximum atomic E-state index is 4.62. The van der Waals surface area contributed by atoms with E-state index in [1.54, 1.807) is 313 Å². The molecular formula is C71H18Si2. The molecule has 73 heavy (non-hydrogen) atoms. The molecule has 5 aliphatic rings. The first-order valence-electron chi connectivity index (χ1n) is 27.5. The highest BCUT2D eigenvalue weighted by molar-refractivity contribution is 6.85. The Labute approximate surface area is 405 Å². The fourth-order valence-corrected chi connectivity index (χ4v) is 26.7. The highest BCUT2D eigenvalue weighted by Gasteiger charge is 2.94. The number of benzene rings is 18. The molecule has 2 spiro atoms. The van der Waals surface area contributed by atoms with E-state index in [4.69, 9.17) is 0 Å². The lowest BCUT2D eigenvalue weighted by molar-refractivity contribution is 0.731. The van der Waals surface area contributed by atoms with Gasteiger partial charge in [-0.25, -0.2) is 0 Å². The molecule has 1 saturated carbocycles. The van der Waals surface area contributed by atoms with Gasteiger partial charge in [0.25, 0.3) is 0 Å². The molecule has 0 aliphatic heterocycles. The van der Waals surface area contributed by atoms with Gasteiger partial charge in [-0.05, 0) is 313 Å². The van der Waals surface area contributed by atoms with Crippen LogP contribution in [0.3, 0.4) is 0 Å². The van der Waals surface area contributed by atoms with Crippen molar-refractivity contribution in [2.75, 3.05) is 0 Å². The van der Waals surface area contributed by atoms with Crippen LogP contribution >= 0.6 is 0 Å². The average Bonchev–Trinajstić information content (AvgIpc) is 4.03. The monoisotopic (exact) mass is 927 g/mol. The smallest absolute Gasteiger partial charge is 0.129 e. The van der Waals surface area contributed by atoms with Crippen LogP contribution in [0.4, 0.5) is 0 Å². The average molecular weight is 928 g/mol. The Hall–Kier alpha value is -7.99. The summed E-state index contributed by atoms with van der Waals surface area (Å²) in [6.07, 6.45) is 0. The van der Waals surface area contributed by atoms with E-state index in [1.165, 1.54) is 0 Å². The first-order chi connectivity index (χ1) is 35.7. The maximum Gasteiger partial charge on any atom is 0.129 e. The minimum absolute atomic E-state index is 0.398. The topological polar surface area (TPSA) is 0 Å².